The summed E-state index contributed by atoms with van der Waals surface area (Å²) in [5.41, 5.74) is 2.06. The lowest BCUT2D eigenvalue weighted by molar-refractivity contribution is 0.491. The minimum atomic E-state index is -0.383. The number of nitrogens with one attached hydrogen (secondary N) is 1. The number of rotatable bonds is 4. The van der Waals surface area contributed by atoms with Crippen molar-refractivity contribution in [1.29, 1.82) is 0 Å². The molecule has 1 nitrogen and oxygen atoms in total. The van der Waals surface area contributed by atoms with Crippen molar-refractivity contribution in [2.45, 2.75) is 25.9 Å². The lowest BCUT2D eigenvalue weighted by Gasteiger charge is -2.22. The van der Waals surface area contributed by atoms with Crippen molar-refractivity contribution in [3.63, 3.8) is 0 Å². The fraction of sp³-hybridized carbons (Fsp3) is 0.250. The fourth-order valence-electron chi connectivity index (χ4n) is 2.17. The van der Waals surface area contributed by atoms with Gasteiger partial charge in [0.15, 0.2) is 0 Å². The molecule has 106 valence electrons. The molecule has 4 heteroatoms. The molecule has 0 bridgehead atoms. The van der Waals surface area contributed by atoms with Gasteiger partial charge in [-0.05, 0) is 43.2 Å². The molecule has 0 spiro atoms. The Bertz CT molecular complexity index is 603. The van der Waals surface area contributed by atoms with Gasteiger partial charge >= 0.3 is 0 Å². The van der Waals surface area contributed by atoms with E-state index in [1.807, 2.05) is 31.2 Å². The Morgan fingerprint density at radius 3 is 2.45 bits per heavy atom. The smallest absolute Gasteiger partial charge is 0.142 e. The zero-order valence-electron chi connectivity index (χ0n) is 11.3. The number of benzene rings is 2. The van der Waals surface area contributed by atoms with Crippen molar-refractivity contribution in [2.24, 2.45) is 0 Å². The Kier molecular flexibility index (Phi) is 5.19. The molecule has 2 aromatic carbocycles. The van der Waals surface area contributed by atoms with Gasteiger partial charge in [0, 0.05) is 16.6 Å². The summed E-state index contributed by atoms with van der Waals surface area (Å²) in [5.74, 6) is -0.383. The van der Waals surface area contributed by atoms with Crippen molar-refractivity contribution < 1.29 is 4.39 Å². The highest BCUT2D eigenvalue weighted by atomic mass is 79.9. The van der Waals surface area contributed by atoms with Crippen molar-refractivity contribution >= 4 is 27.5 Å². The molecular formula is C16H16BrClFN. The number of halogens is 3. The van der Waals surface area contributed by atoms with Crippen LogP contribution in [-0.4, -0.2) is 0 Å². The Morgan fingerprint density at radius 2 is 1.80 bits per heavy atom. The van der Waals surface area contributed by atoms with Crippen LogP contribution in [0.2, 0.25) is 5.02 Å². The first-order valence-corrected chi connectivity index (χ1v) is 7.61. The van der Waals surface area contributed by atoms with Crippen molar-refractivity contribution in [3.05, 3.63) is 68.9 Å². The van der Waals surface area contributed by atoms with E-state index in [9.17, 15) is 4.39 Å². The van der Waals surface area contributed by atoms with Crippen LogP contribution < -0.4 is 5.32 Å². The van der Waals surface area contributed by atoms with Crippen LogP contribution in [-0.2, 0) is 0 Å². The summed E-state index contributed by atoms with van der Waals surface area (Å²) < 4.78 is 14.6. The van der Waals surface area contributed by atoms with E-state index in [2.05, 4.69) is 34.2 Å². The highest BCUT2D eigenvalue weighted by Crippen LogP contribution is 2.26. The maximum absolute atomic E-state index is 13.5. The average molecular weight is 357 g/mol. The van der Waals surface area contributed by atoms with E-state index in [4.69, 9.17) is 11.6 Å². The summed E-state index contributed by atoms with van der Waals surface area (Å²) in [5, 5.41) is 3.61. The van der Waals surface area contributed by atoms with Crippen LogP contribution in [0.3, 0.4) is 0 Å². The van der Waals surface area contributed by atoms with E-state index >= 15 is 0 Å². The van der Waals surface area contributed by atoms with E-state index in [1.165, 1.54) is 11.6 Å². The van der Waals surface area contributed by atoms with Crippen LogP contribution in [0.5, 0.6) is 0 Å². The number of hydrogen-bond acceptors (Lipinski definition) is 1. The van der Waals surface area contributed by atoms with Gasteiger partial charge < -0.3 is 5.32 Å². The van der Waals surface area contributed by atoms with E-state index in [-0.39, 0.29) is 22.9 Å². The van der Waals surface area contributed by atoms with E-state index in [0.717, 1.165) is 10.0 Å². The summed E-state index contributed by atoms with van der Waals surface area (Å²) in [7, 11) is 0. The molecule has 2 atom stereocenters. The Balaban J connectivity index is 2.13. The molecule has 0 aliphatic rings. The van der Waals surface area contributed by atoms with Crippen LogP contribution in [0.25, 0.3) is 0 Å². The van der Waals surface area contributed by atoms with Gasteiger partial charge in [0.25, 0.3) is 0 Å². The zero-order valence-corrected chi connectivity index (χ0v) is 13.7. The van der Waals surface area contributed by atoms with Crippen molar-refractivity contribution in [1.82, 2.24) is 5.32 Å². The second-order valence-electron chi connectivity index (χ2n) is 4.81. The summed E-state index contributed by atoms with van der Waals surface area (Å²) in [6.45, 7) is 4.10. The molecule has 0 aliphatic heterocycles. The molecule has 0 saturated carbocycles. The normalized spacial score (nSPS) is 14.1. The minimum Gasteiger partial charge on any atom is -0.304 e. The molecule has 0 fully saturated rings. The lowest BCUT2D eigenvalue weighted by atomic mass is 10.0. The highest BCUT2D eigenvalue weighted by molar-refractivity contribution is 9.10. The first-order valence-electron chi connectivity index (χ1n) is 6.44. The zero-order chi connectivity index (χ0) is 14.7. The molecule has 0 amide bonds. The van der Waals surface area contributed by atoms with E-state index in [0.29, 0.717) is 0 Å². The van der Waals surface area contributed by atoms with Gasteiger partial charge in [0.05, 0.1) is 5.02 Å². The average Bonchev–Trinajstić information content (AvgIpc) is 2.42. The van der Waals surface area contributed by atoms with Crippen LogP contribution in [0.15, 0.2) is 46.9 Å². The van der Waals surface area contributed by atoms with E-state index in [1.54, 1.807) is 6.07 Å². The highest BCUT2D eigenvalue weighted by Gasteiger charge is 2.14. The predicted octanol–water partition coefficient (Wildman–Crippen LogP) is 5.65. The lowest BCUT2D eigenvalue weighted by Crippen LogP contribution is -2.22. The Hall–Kier alpha value is -0.900. The van der Waals surface area contributed by atoms with Gasteiger partial charge in [-0.1, -0.05) is 51.8 Å². The van der Waals surface area contributed by atoms with Crippen LogP contribution >= 0.6 is 27.5 Å². The molecule has 0 aliphatic carbocycles. The van der Waals surface area contributed by atoms with Crippen molar-refractivity contribution in [2.75, 3.05) is 0 Å². The minimum absolute atomic E-state index is 0.0314. The third-order valence-electron chi connectivity index (χ3n) is 3.32. The molecule has 1 unspecified atom stereocenters. The summed E-state index contributed by atoms with van der Waals surface area (Å²) in [6, 6.07) is 13.2. The SMILES string of the molecule is CC(N[C@@H](C)c1ccccc1Br)c1ccc(Cl)c(F)c1. The topological polar surface area (TPSA) is 12.0 Å². The van der Waals surface area contributed by atoms with Crippen LogP contribution in [0.4, 0.5) is 4.39 Å². The summed E-state index contributed by atoms with van der Waals surface area (Å²) in [4.78, 5) is 0. The molecule has 1 N–H and O–H groups in total. The number of hydrogen-bond donors (Lipinski definition) is 1. The van der Waals surface area contributed by atoms with Gasteiger partial charge in [-0.25, -0.2) is 4.39 Å². The largest absolute Gasteiger partial charge is 0.304 e. The molecule has 0 aromatic heterocycles. The van der Waals surface area contributed by atoms with Gasteiger partial charge in [-0.15, -0.1) is 0 Å². The van der Waals surface area contributed by atoms with Crippen molar-refractivity contribution in [3.8, 4) is 0 Å². The van der Waals surface area contributed by atoms with Gasteiger partial charge in [0.1, 0.15) is 5.82 Å². The van der Waals surface area contributed by atoms with Gasteiger partial charge in [-0.3, -0.25) is 0 Å². The third kappa shape index (κ3) is 3.60. The van der Waals surface area contributed by atoms with Gasteiger partial charge in [0.2, 0.25) is 0 Å². The fourth-order valence-corrected chi connectivity index (χ4v) is 2.91. The van der Waals surface area contributed by atoms with E-state index < -0.39 is 0 Å². The second kappa shape index (κ2) is 6.70. The molecule has 2 aromatic rings. The quantitative estimate of drug-likeness (QED) is 0.746. The first-order chi connectivity index (χ1) is 9.49. The Labute approximate surface area is 132 Å². The molecule has 0 saturated heterocycles. The molecular weight excluding hydrogens is 341 g/mol. The van der Waals surface area contributed by atoms with Crippen LogP contribution in [0, 0.1) is 5.82 Å². The Morgan fingerprint density at radius 1 is 1.10 bits per heavy atom. The van der Waals surface area contributed by atoms with Crippen LogP contribution in [0.1, 0.15) is 37.1 Å². The molecule has 0 radical (unpaired) electrons. The first kappa shape index (κ1) is 15.5. The molecule has 0 heterocycles. The standard InChI is InChI=1S/C16H16BrClFN/c1-10(12-7-8-15(18)16(19)9-12)20-11(2)13-5-3-4-6-14(13)17/h3-11,20H,1-2H3/t10?,11-/m0/s1. The molecule has 20 heavy (non-hydrogen) atoms. The maximum Gasteiger partial charge on any atom is 0.142 e. The molecule has 2 rings (SSSR count). The second-order valence-corrected chi connectivity index (χ2v) is 6.07. The predicted molar refractivity (Wildman–Crippen MR) is 85.5 cm³/mol. The summed E-state index contributed by atoms with van der Waals surface area (Å²) in [6.07, 6.45) is 0. The monoisotopic (exact) mass is 355 g/mol. The van der Waals surface area contributed by atoms with Gasteiger partial charge in [-0.2, -0.15) is 0 Å². The maximum atomic E-state index is 13.5. The summed E-state index contributed by atoms with van der Waals surface area (Å²) >= 11 is 9.25. The third-order valence-corrected chi connectivity index (χ3v) is 4.34.